The van der Waals surface area contributed by atoms with Gasteiger partial charge in [0.15, 0.2) is 0 Å². The molecule has 0 spiro atoms. The molecule has 0 bridgehead atoms. The maximum atomic E-state index is 11.5. The number of para-hydroxylation sites is 2. The van der Waals surface area contributed by atoms with E-state index >= 15 is 0 Å². The molecule has 26 heavy (non-hydrogen) atoms. The van der Waals surface area contributed by atoms with Crippen molar-refractivity contribution in [2.75, 3.05) is 13.1 Å². The maximum absolute atomic E-state index is 11.5. The minimum absolute atomic E-state index is 0.141. The van der Waals surface area contributed by atoms with Crippen LogP contribution in [-0.2, 0) is 11.3 Å². The molecule has 1 amide bonds. The second kappa shape index (κ2) is 6.16. The molecule has 1 aliphatic rings. The Balaban J connectivity index is 1.76. The van der Waals surface area contributed by atoms with Crippen molar-refractivity contribution in [2.24, 2.45) is 5.92 Å². The van der Waals surface area contributed by atoms with E-state index < -0.39 is 0 Å². The number of carbonyl (C=O) groups is 1. The number of carbonyl (C=O) groups excluding carboxylic acids is 1. The SMILES string of the molecule is CC(=O)N1CC(Cn2c(-c3cc(C)c(O)c(C)c3)nc3ccccc32)C1. The van der Waals surface area contributed by atoms with Crippen molar-refractivity contribution in [3.8, 4) is 17.1 Å². The summed E-state index contributed by atoms with van der Waals surface area (Å²) in [5.74, 6) is 1.84. The first-order valence-corrected chi connectivity index (χ1v) is 8.95. The van der Waals surface area contributed by atoms with Crippen LogP contribution < -0.4 is 0 Å². The first kappa shape index (κ1) is 16.6. The summed E-state index contributed by atoms with van der Waals surface area (Å²) < 4.78 is 2.25. The molecule has 2 heterocycles. The van der Waals surface area contributed by atoms with Crippen LogP contribution >= 0.6 is 0 Å². The van der Waals surface area contributed by atoms with Gasteiger partial charge in [0.05, 0.1) is 11.0 Å². The summed E-state index contributed by atoms with van der Waals surface area (Å²) >= 11 is 0. The third kappa shape index (κ3) is 2.73. The maximum Gasteiger partial charge on any atom is 0.219 e. The fourth-order valence-electron chi connectivity index (χ4n) is 3.77. The molecule has 5 heteroatoms. The van der Waals surface area contributed by atoms with Crippen LogP contribution in [0.1, 0.15) is 18.1 Å². The fourth-order valence-corrected chi connectivity index (χ4v) is 3.77. The Morgan fingerprint density at radius 2 is 1.85 bits per heavy atom. The highest BCUT2D eigenvalue weighted by Gasteiger charge is 2.30. The second-order valence-electron chi connectivity index (χ2n) is 7.28. The summed E-state index contributed by atoms with van der Waals surface area (Å²) in [6.07, 6.45) is 0. The fraction of sp³-hybridized carbons (Fsp3) is 0.333. The number of aromatic hydroxyl groups is 1. The number of rotatable bonds is 3. The van der Waals surface area contributed by atoms with Gasteiger partial charge >= 0.3 is 0 Å². The van der Waals surface area contributed by atoms with Crippen LogP contribution in [0, 0.1) is 19.8 Å². The van der Waals surface area contributed by atoms with Gasteiger partial charge in [0, 0.05) is 38.0 Å². The molecule has 3 aromatic rings. The van der Waals surface area contributed by atoms with Crippen molar-refractivity contribution in [1.82, 2.24) is 14.5 Å². The van der Waals surface area contributed by atoms with Crippen molar-refractivity contribution in [3.63, 3.8) is 0 Å². The van der Waals surface area contributed by atoms with Crippen molar-refractivity contribution in [1.29, 1.82) is 0 Å². The van der Waals surface area contributed by atoms with Gasteiger partial charge in [-0.3, -0.25) is 4.79 Å². The lowest BCUT2D eigenvalue weighted by atomic mass is 9.99. The zero-order chi connectivity index (χ0) is 18.4. The minimum Gasteiger partial charge on any atom is -0.507 e. The topological polar surface area (TPSA) is 58.4 Å². The van der Waals surface area contributed by atoms with Crippen molar-refractivity contribution < 1.29 is 9.90 Å². The number of phenols is 1. The lowest BCUT2D eigenvalue weighted by Gasteiger charge is -2.39. The molecule has 4 rings (SSSR count). The molecule has 0 atom stereocenters. The van der Waals surface area contributed by atoms with E-state index in [1.165, 1.54) is 0 Å². The predicted molar refractivity (Wildman–Crippen MR) is 102 cm³/mol. The quantitative estimate of drug-likeness (QED) is 0.787. The van der Waals surface area contributed by atoms with Gasteiger partial charge in [0.1, 0.15) is 11.6 Å². The van der Waals surface area contributed by atoms with Gasteiger partial charge in [-0.15, -0.1) is 0 Å². The number of imidazole rings is 1. The molecular formula is C21H23N3O2. The number of amides is 1. The molecule has 2 aromatic carbocycles. The van der Waals surface area contributed by atoms with E-state index in [2.05, 4.69) is 10.6 Å². The molecule has 1 saturated heterocycles. The van der Waals surface area contributed by atoms with Crippen LogP contribution in [0.15, 0.2) is 36.4 Å². The van der Waals surface area contributed by atoms with Crippen LogP contribution in [0.2, 0.25) is 0 Å². The second-order valence-corrected chi connectivity index (χ2v) is 7.28. The summed E-state index contributed by atoms with van der Waals surface area (Å²) in [6.45, 7) is 7.88. The van der Waals surface area contributed by atoms with E-state index in [4.69, 9.17) is 4.98 Å². The lowest BCUT2D eigenvalue weighted by molar-refractivity contribution is -0.135. The van der Waals surface area contributed by atoms with E-state index in [0.717, 1.165) is 53.2 Å². The molecule has 0 unspecified atom stereocenters. The van der Waals surface area contributed by atoms with E-state index in [9.17, 15) is 9.90 Å². The van der Waals surface area contributed by atoms with Crippen LogP contribution in [-0.4, -0.2) is 38.6 Å². The van der Waals surface area contributed by atoms with E-state index in [-0.39, 0.29) is 5.91 Å². The normalized spacial score (nSPS) is 14.7. The predicted octanol–water partition coefficient (Wildman–Crippen LogP) is 3.50. The third-order valence-electron chi connectivity index (χ3n) is 5.25. The summed E-state index contributed by atoms with van der Waals surface area (Å²) in [4.78, 5) is 18.2. The van der Waals surface area contributed by atoms with Gasteiger partial charge in [0.2, 0.25) is 5.91 Å². The number of aromatic nitrogens is 2. The van der Waals surface area contributed by atoms with Crippen LogP contribution in [0.3, 0.4) is 0 Å². The number of benzene rings is 2. The Morgan fingerprint density at radius 3 is 2.50 bits per heavy atom. The number of fused-ring (bicyclic) bond motifs is 1. The molecule has 0 radical (unpaired) electrons. The van der Waals surface area contributed by atoms with Gasteiger partial charge in [-0.2, -0.15) is 0 Å². The number of phenolic OH excluding ortho intramolecular Hbond substituents is 1. The first-order chi connectivity index (χ1) is 12.4. The Bertz CT molecular complexity index is 977. The number of likely N-dealkylation sites (tertiary alicyclic amines) is 1. The zero-order valence-electron chi connectivity index (χ0n) is 15.4. The Labute approximate surface area is 152 Å². The molecule has 134 valence electrons. The Morgan fingerprint density at radius 1 is 1.19 bits per heavy atom. The minimum atomic E-state index is 0.141. The van der Waals surface area contributed by atoms with Gasteiger partial charge in [-0.05, 0) is 49.2 Å². The van der Waals surface area contributed by atoms with E-state index in [1.807, 2.05) is 49.1 Å². The molecule has 1 N–H and O–H groups in total. The van der Waals surface area contributed by atoms with Gasteiger partial charge < -0.3 is 14.6 Å². The summed E-state index contributed by atoms with van der Waals surface area (Å²) in [7, 11) is 0. The zero-order valence-corrected chi connectivity index (χ0v) is 15.4. The van der Waals surface area contributed by atoms with E-state index in [0.29, 0.717) is 11.7 Å². The number of hydrogen-bond acceptors (Lipinski definition) is 3. The van der Waals surface area contributed by atoms with Gasteiger partial charge in [-0.25, -0.2) is 4.98 Å². The highest BCUT2D eigenvalue weighted by molar-refractivity contribution is 5.81. The monoisotopic (exact) mass is 349 g/mol. The van der Waals surface area contributed by atoms with Crippen molar-refractivity contribution in [3.05, 3.63) is 47.5 Å². The van der Waals surface area contributed by atoms with Crippen LogP contribution in [0.25, 0.3) is 22.4 Å². The molecule has 0 aliphatic carbocycles. The van der Waals surface area contributed by atoms with Crippen molar-refractivity contribution >= 4 is 16.9 Å². The average molecular weight is 349 g/mol. The number of aryl methyl sites for hydroxylation is 2. The smallest absolute Gasteiger partial charge is 0.219 e. The first-order valence-electron chi connectivity index (χ1n) is 8.95. The number of hydrogen-bond donors (Lipinski definition) is 1. The van der Waals surface area contributed by atoms with Crippen molar-refractivity contribution in [2.45, 2.75) is 27.3 Å². The Hall–Kier alpha value is -2.82. The summed E-state index contributed by atoms with van der Waals surface area (Å²) in [5, 5.41) is 10.1. The lowest BCUT2D eigenvalue weighted by Crippen LogP contribution is -2.50. The molecule has 1 fully saturated rings. The summed E-state index contributed by atoms with van der Waals surface area (Å²) in [6, 6.07) is 12.1. The number of nitrogens with zero attached hydrogens (tertiary/aromatic N) is 3. The summed E-state index contributed by atoms with van der Waals surface area (Å²) in [5.41, 5.74) is 4.78. The van der Waals surface area contributed by atoms with Crippen LogP contribution in [0.4, 0.5) is 0 Å². The standard InChI is InChI=1S/C21H23N3O2/c1-13-8-17(9-14(2)20(13)26)21-22-18-6-4-5-7-19(18)24(21)12-16-10-23(11-16)15(3)25/h4-9,16,26H,10-12H2,1-3H3. The average Bonchev–Trinajstić information content (AvgIpc) is 2.93. The highest BCUT2D eigenvalue weighted by Crippen LogP contribution is 2.32. The van der Waals surface area contributed by atoms with Crippen LogP contribution in [0.5, 0.6) is 5.75 Å². The largest absolute Gasteiger partial charge is 0.507 e. The molecular weight excluding hydrogens is 326 g/mol. The molecule has 0 saturated carbocycles. The van der Waals surface area contributed by atoms with Gasteiger partial charge in [-0.1, -0.05) is 12.1 Å². The van der Waals surface area contributed by atoms with Gasteiger partial charge in [0.25, 0.3) is 0 Å². The molecule has 5 nitrogen and oxygen atoms in total. The molecule has 1 aliphatic heterocycles. The Kier molecular flexibility index (Phi) is 3.94. The van der Waals surface area contributed by atoms with E-state index in [1.54, 1.807) is 6.92 Å². The third-order valence-corrected chi connectivity index (χ3v) is 5.25. The molecule has 1 aromatic heterocycles. The highest BCUT2D eigenvalue weighted by atomic mass is 16.3.